The van der Waals surface area contributed by atoms with Gasteiger partial charge in [-0.25, -0.2) is 4.98 Å². The second-order valence-corrected chi connectivity index (χ2v) is 10.0. The fraction of sp³-hybridized carbons (Fsp3) is 0.833. The van der Waals surface area contributed by atoms with E-state index in [-0.39, 0.29) is 11.5 Å². The first-order valence-corrected chi connectivity index (χ1v) is 9.27. The Morgan fingerprint density at radius 1 is 1.24 bits per heavy atom. The summed E-state index contributed by atoms with van der Waals surface area (Å²) in [6.45, 7) is 6.99. The largest absolute Gasteiger partial charge is 0.392 e. The summed E-state index contributed by atoms with van der Waals surface area (Å²) in [7, 11) is 0. The molecule has 4 saturated carbocycles. The minimum atomic E-state index is -0.204. The Morgan fingerprint density at radius 2 is 1.90 bits per heavy atom. The van der Waals surface area contributed by atoms with Crippen LogP contribution in [0, 0.1) is 29.1 Å². The minimum Gasteiger partial charge on any atom is -0.392 e. The molecule has 5 rings (SSSR count). The van der Waals surface area contributed by atoms with Gasteiger partial charge in [0.25, 0.3) is 0 Å². The van der Waals surface area contributed by atoms with E-state index in [1.165, 1.54) is 38.5 Å². The van der Waals surface area contributed by atoms with Gasteiger partial charge in [-0.15, -0.1) is 11.3 Å². The second-order valence-electron chi connectivity index (χ2n) is 9.09. The molecule has 4 bridgehead atoms. The molecule has 4 fully saturated rings. The SMILES string of the molecule is Cc1csc(CC(O)C23CC4CC(C)(CC(C)(C4)C2)C3)n1. The smallest absolute Gasteiger partial charge is 0.0954 e. The van der Waals surface area contributed by atoms with Crippen molar-refractivity contribution in [1.29, 1.82) is 0 Å². The Bertz CT molecular complexity index is 547. The van der Waals surface area contributed by atoms with E-state index in [0.717, 1.165) is 23.0 Å². The molecule has 3 atom stereocenters. The lowest BCUT2D eigenvalue weighted by Crippen LogP contribution is -2.59. The zero-order valence-electron chi connectivity index (χ0n) is 13.5. The van der Waals surface area contributed by atoms with Crippen LogP contribution < -0.4 is 0 Å². The topological polar surface area (TPSA) is 33.1 Å². The molecule has 3 heteroatoms. The third kappa shape index (κ3) is 2.28. The number of aryl methyl sites for hydroxylation is 1. The number of thiazole rings is 1. The van der Waals surface area contributed by atoms with Crippen molar-refractivity contribution < 1.29 is 5.11 Å². The first-order chi connectivity index (χ1) is 9.80. The highest BCUT2D eigenvalue weighted by Gasteiger charge is 2.62. The Labute approximate surface area is 132 Å². The van der Waals surface area contributed by atoms with Crippen molar-refractivity contribution in [3.05, 3.63) is 16.1 Å². The highest BCUT2D eigenvalue weighted by Crippen LogP contribution is 2.70. The molecule has 0 aliphatic heterocycles. The molecule has 0 amide bonds. The summed E-state index contributed by atoms with van der Waals surface area (Å²) < 4.78 is 0. The van der Waals surface area contributed by atoms with E-state index in [2.05, 4.69) is 24.2 Å². The summed E-state index contributed by atoms with van der Waals surface area (Å²) in [6.07, 6.45) is 8.45. The lowest BCUT2D eigenvalue weighted by Gasteiger charge is -2.66. The van der Waals surface area contributed by atoms with Crippen LogP contribution in [-0.4, -0.2) is 16.2 Å². The normalized spacial score (nSPS) is 46.0. The third-order valence-electron chi connectivity index (χ3n) is 6.41. The van der Waals surface area contributed by atoms with Gasteiger partial charge in [0.15, 0.2) is 0 Å². The molecule has 2 nitrogen and oxygen atoms in total. The molecule has 0 aromatic carbocycles. The van der Waals surface area contributed by atoms with Crippen LogP contribution >= 0.6 is 11.3 Å². The van der Waals surface area contributed by atoms with Gasteiger partial charge in [-0.1, -0.05) is 13.8 Å². The van der Waals surface area contributed by atoms with Crippen molar-refractivity contribution in [1.82, 2.24) is 4.98 Å². The zero-order valence-corrected chi connectivity index (χ0v) is 14.3. The number of rotatable bonds is 3. The third-order valence-corrected chi connectivity index (χ3v) is 7.40. The number of hydrogen-bond donors (Lipinski definition) is 1. The molecular weight excluding hydrogens is 278 g/mol. The maximum Gasteiger partial charge on any atom is 0.0954 e. The van der Waals surface area contributed by atoms with Crippen molar-refractivity contribution in [2.24, 2.45) is 22.2 Å². The van der Waals surface area contributed by atoms with Crippen molar-refractivity contribution in [3.8, 4) is 0 Å². The molecule has 4 aliphatic carbocycles. The maximum atomic E-state index is 11.1. The molecule has 3 unspecified atom stereocenters. The van der Waals surface area contributed by atoms with Crippen LogP contribution in [0.25, 0.3) is 0 Å². The molecule has 0 saturated heterocycles. The quantitative estimate of drug-likeness (QED) is 0.900. The van der Waals surface area contributed by atoms with Crippen LogP contribution in [0.4, 0.5) is 0 Å². The molecule has 0 spiro atoms. The van der Waals surface area contributed by atoms with Crippen molar-refractivity contribution in [2.45, 2.75) is 71.8 Å². The van der Waals surface area contributed by atoms with Gasteiger partial charge in [-0.3, -0.25) is 0 Å². The Morgan fingerprint density at radius 3 is 2.43 bits per heavy atom. The Kier molecular flexibility index (Phi) is 2.92. The van der Waals surface area contributed by atoms with Crippen LogP contribution in [0.3, 0.4) is 0 Å². The predicted molar refractivity (Wildman–Crippen MR) is 86.4 cm³/mol. The number of nitrogens with zero attached hydrogens (tertiary/aromatic N) is 1. The van der Waals surface area contributed by atoms with E-state index >= 15 is 0 Å². The molecule has 4 aliphatic rings. The van der Waals surface area contributed by atoms with Gasteiger partial charge in [-0.05, 0) is 67.6 Å². The van der Waals surface area contributed by atoms with Crippen LogP contribution in [-0.2, 0) is 6.42 Å². The van der Waals surface area contributed by atoms with Crippen LogP contribution in [0.2, 0.25) is 0 Å². The van der Waals surface area contributed by atoms with Gasteiger partial charge >= 0.3 is 0 Å². The fourth-order valence-electron chi connectivity index (χ4n) is 6.79. The van der Waals surface area contributed by atoms with Gasteiger partial charge in [0.1, 0.15) is 0 Å². The van der Waals surface area contributed by atoms with Crippen LogP contribution in [0.1, 0.15) is 63.1 Å². The monoisotopic (exact) mass is 305 g/mol. The molecule has 1 heterocycles. The highest BCUT2D eigenvalue weighted by molar-refractivity contribution is 7.09. The summed E-state index contributed by atoms with van der Waals surface area (Å²) in [5, 5.41) is 14.3. The van der Waals surface area contributed by atoms with E-state index in [9.17, 15) is 5.11 Å². The van der Waals surface area contributed by atoms with Crippen LogP contribution in [0.15, 0.2) is 5.38 Å². The predicted octanol–water partition coefficient (Wildman–Crippen LogP) is 4.35. The average molecular weight is 305 g/mol. The molecule has 21 heavy (non-hydrogen) atoms. The van der Waals surface area contributed by atoms with Gasteiger partial charge < -0.3 is 5.11 Å². The standard InChI is InChI=1S/C18H27NOS/c1-12-8-21-15(19-12)4-14(20)18-7-13-5-16(2,10-18)9-17(3,6-13)11-18/h8,13-14,20H,4-7,9-11H2,1-3H3. The molecule has 1 aromatic heterocycles. The second kappa shape index (κ2) is 4.32. The van der Waals surface area contributed by atoms with Crippen molar-refractivity contribution in [3.63, 3.8) is 0 Å². The van der Waals surface area contributed by atoms with E-state index in [1.54, 1.807) is 11.3 Å². The van der Waals surface area contributed by atoms with E-state index in [4.69, 9.17) is 0 Å². The zero-order chi connectivity index (χ0) is 14.9. The van der Waals surface area contributed by atoms with Crippen LogP contribution in [0.5, 0.6) is 0 Å². The summed E-state index contributed by atoms with van der Waals surface area (Å²) in [6, 6.07) is 0. The molecule has 0 radical (unpaired) electrons. The average Bonchev–Trinajstić information content (AvgIpc) is 2.69. The molecular formula is C18H27NOS. The van der Waals surface area contributed by atoms with Gasteiger partial charge in [0.05, 0.1) is 11.1 Å². The highest BCUT2D eigenvalue weighted by atomic mass is 32.1. The number of aliphatic hydroxyl groups excluding tert-OH is 1. The van der Waals surface area contributed by atoms with Gasteiger partial charge in [0.2, 0.25) is 0 Å². The fourth-order valence-corrected chi connectivity index (χ4v) is 7.60. The van der Waals surface area contributed by atoms with Crippen molar-refractivity contribution >= 4 is 11.3 Å². The summed E-state index contributed by atoms with van der Waals surface area (Å²) in [4.78, 5) is 4.57. The minimum absolute atomic E-state index is 0.169. The Hall–Kier alpha value is -0.410. The number of aliphatic hydroxyl groups is 1. The first kappa shape index (κ1) is 14.2. The molecule has 1 N–H and O–H groups in total. The van der Waals surface area contributed by atoms with E-state index in [0.29, 0.717) is 10.8 Å². The maximum absolute atomic E-state index is 11.1. The molecule has 116 valence electrons. The van der Waals surface area contributed by atoms with Gasteiger partial charge in [0, 0.05) is 17.5 Å². The van der Waals surface area contributed by atoms with E-state index in [1.807, 2.05) is 6.92 Å². The number of aromatic nitrogens is 1. The molecule has 1 aromatic rings. The number of hydrogen-bond acceptors (Lipinski definition) is 3. The van der Waals surface area contributed by atoms with Crippen molar-refractivity contribution in [2.75, 3.05) is 0 Å². The first-order valence-electron chi connectivity index (χ1n) is 8.39. The van der Waals surface area contributed by atoms with E-state index < -0.39 is 0 Å². The summed E-state index contributed by atoms with van der Waals surface area (Å²) in [5.41, 5.74) is 2.22. The lowest BCUT2D eigenvalue weighted by atomic mass is 9.39. The summed E-state index contributed by atoms with van der Waals surface area (Å²) in [5.74, 6) is 0.851. The van der Waals surface area contributed by atoms with Gasteiger partial charge in [-0.2, -0.15) is 0 Å². The summed E-state index contributed by atoms with van der Waals surface area (Å²) >= 11 is 1.71. The Balaban J connectivity index is 1.61. The lowest BCUT2D eigenvalue weighted by molar-refractivity contribution is -0.184.